The van der Waals surface area contributed by atoms with E-state index in [2.05, 4.69) is 34.0 Å². The molecule has 0 N–H and O–H groups in total. The number of carbonyl (C=O) groups excluding carboxylic acids is 1. The highest BCUT2D eigenvalue weighted by atomic mass is 79.9. The number of carbonyl (C=O) groups is 1. The van der Waals surface area contributed by atoms with E-state index >= 15 is 0 Å². The van der Waals surface area contributed by atoms with Crippen LogP contribution in [0.25, 0.3) is 0 Å². The minimum atomic E-state index is -0.243. The number of ether oxygens (including phenoxy) is 2. The van der Waals surface area contributed by atoms with E-state index in [9.17, 15) is 4.79 Å². The number of rotatable bonds is 8. The second-order valence-electron chi connectivity index (χ2n) is 6.40. The Kier molecular flexibility index (Phi) is 7.59. The van der Waals surface area contributed by atoms with Crippen LogP contribution >= 0.6 is 39.9 Å². The van der Waals surface area contributed by atoms with E-state index in [-0.39, 0.29) is 17.8 Å². The molecule has 0 aromatic heterocycles. The van der Waals surface area contributed by atoms with Crippen molar-refractivity contribution < 1.29 is 14.3 Å². The third kappa shape index (κ3) is 5.33. The molecule has 1 saturated heterocycles. The van der Waals surface area contributed by atoms with E-state index in [0.29, 0.717) is 28.8 Å². The molecule has 29 heavy (non-hydrogen) atoms. The highest BCUT2D eigenvalue weighted by molar-refractivity contribution is 9.10. The van der Waals surface area contributed by atoms with Gasteiger partial charge in [0.2, 0.25) is 5.91 Å². The Hall–Kier alpha value is -2.01. The lowest BCUT2D eigenvalue weighted by molar-refractivity contribution is -0.126. The molecular weight excluding hydrogens is 470 g/mol. The number of thioether (sulfide) groups is 1. The normalized spacial score (nSPS) is 16.0. The summed E-state index contributed by atoms with van der Waals surface area (Å²) in [5.41, 5.74) is 2.15. The third-order valence-corrected chi connectivity index (χ3v) is 6.65. The second kappa shape index (κ2) is 10.1. The van der Waals surface area contributed by atoms with Crippen molar-refractivity contribution in [3.8, 4) is 23.8 Å². The van der Waals surface area contributed by atoms with E-state index in [1.807, 2.05) is 30.3 Å². The van der Waals surface area contributed by atoms with Crippen LogP contribution in [0, 0.1) is 12.3 Å². The van der Waals surface area contributed by atoms with Gasteiger partial charge in [-0.1, -0.05) is 60.2 Å². The van der Waals surface area contributed by atoms with Gasteiger partial charge in [0.1, 0.15) is 10.9 Å². The summed E-state index contributed by atoms with van der Waals surface area (Å²) < 4.78 is 12.4. The Labute approximate surface area is 189 Å². The lowest BCUT2D eigenvalue weighted by Crippen LogP contribution is -2.33. The van der Waals surface area contributed by atoms with Crippen LogP contribution in [-0.2, 0) is 17.6 Å². The lowest BCUT2D eigenvalue weighted by Gasteiger charge is -2.16. The standard InChI is InChI=1S/C22H20BrNO3S2/c1-3-11-27-20-17(23)12-16(13-18(20)26-2)14-19-21(25)24(22(28)29-19)10-9-15-7-5-4-6-8-15/h1,4-8,12-13,19H,9-11,14H2,2H3/t19-/m1/s1. The summed E-state index contributed by atoms with van der Waals surface area (Å²) in [6.07, 6.45) is 6.60. The summed E-state index contributed by atoms with van der Waals surface area (Å²) in [4.78, 5) is 14.6. The van der Waals surface area contributed by atoms with Crippen LogP contribution in [0.4, 0.5) is 0 Å². The molecule has 1 atom stereocenters. The zero-order valence-electron chi connectivity index (χ0n) is 15.9. The summed E-state index contributed by atoms with van der Waals surface area (Å²) in [5, 5.41) is -0.243. The van der Waals surface area contributed by atoms with Crippen molar-refractivity contribution >= 4 is 50.1 Å². The van der Waals surface area contributed by atoms with Crippen LogP contribution in [0.15, 0.2) is 46.9 Å². The monoisotopic (exact) mass is 489 g/mol. The van der Waals surface area contributed by atoms with Crippen LogP contribution in [0.1, 0.15) is 11.1 Å². The van der Waals surface area contributed by atoms with Crippen molar-refractivity contribution in [1.82, 2.24) is 4.90 Å². The predicted molar refractivity (Wildman–Crippen MR) is 125 cm³/mol. The topological polar surface area (TPSA) is 38.8 Å². The molecule has 3 rings (SSSR count). The molecule has 1 heterocycles. The highest BCUT2D eigenvalue weighted by Gasteiger charge is 2.36. The highest BCUT2D eigenvalue weighted by Crippen LogP contribution is 2.38. The number of halogens is 1. The SMILES string of the molecule is C#CCOc1c(Br)cc(C[C@H]2SC(=S)N(CCc3ccccc3)C2=O)cc1OC. The fraction of sp³-hybridized carbons (Fsp3) is 0.273. The predicted octanol–water partition coefficient (Wildman–Crippen LogP) is 4.48. The maximum Gasteiger partial charge on any atom is 0.241 e. The fourth-order valence-corrected chi connectivity index (χ4v) is 5.26. The minimum absolute atomic E-state index is 0.0543. The van der Waals surface area contributed by atoms with Crippen LogP contribution < -0.4 is 9.47 Å². The summed E-state index contributed by atoms with van der Waals surface area (Å²) in [6, 6.07) is 13.9. The molecule has 1 fully saturated rings. The van der Waals surface area contributed by atoms with Gasteiger partial charge >= 0.3 is 0 Å². The molecule has 150 valence electrons. The van der Waals surface area contributed by atoms with Crippen molar-refractivity contribution in [3.63, 3.8) is 0 Å². The van der Waals surface area contributed by atoms with Crippen molar-refractivity contribution in [1.29, 1.82) is 0 Å². The number of hydrogen-bond donors (Lipinski definition) is 0. The van der Waals surface area contributed by atoms with Gasteiger partial charge in [-0.15, -0.1) is 6.42 Å². The first-order chi connectivity index (χ1) is 14.0. The Morgan fingerprint density at radius 2 is 2.03 bits per heavy atom. The molecule has 2 aromatic carbocycles. The number of nitrogens with zero attached hydrogens (tertiary/aromatic N) is 1. The zero-order valence-corrected chi connectivity index (χ0v) is 19.1. The maximum absolute atomic E-state index is 12.9. The van der Waals surface area contributed by atoms with Gasteiger partial charge in [0.15, 0.2) is 11.5 Å². The van der Waals surface area contributed by atoms with Crippen molar-refractivity contribution in [2.24, 2.45) is 0 Å². The van der Waals surface area contributed by atoms with Gasteiger partial charge in [-0.25, -0.2) is 0 Å². The Morgan fingerprint density at radius 3 is 2.72 bits per heavy atom. The number of methoxy groups -OCH3 is 1. The van der Waals surface area contributed by atoms with E-state index in [1.165, 1.54) is 17.3 Å². The lowest BCUT2D eigenvalue weighted by atomic mass is 10.1. The molecule has 2 aromatic rings. The van der Waals surface area contributed by atoms with Gasteiger partial charge in [0.05, 0.1) is 16.8 Å². The summed E-state index contributed by atoms with van der Waals surface area (Å²) in [6.45, 7) is 0.743. The van der Waals surface area contributed by atoms with E-state index in [0.717, 1.165) is 16.5 Å². The Morgan fingerprint density at radius 1 is 1.28 bits per heavy atom. The summed E-state index contributed by atoms with van der Waals surface area (Å²) in [5.74, 6) is 3.62. The van der Waals surface area contributed by atoms with Gasteiger partial charge in [0.25, 0.3) is 0 Å². The van der Waals surface area contributed by atoms with Crippen molar-refractivity contribution in [3.05, 3.63) is 58.1 Å². The zero-order chi connectivity index (χ0) is 20.8. The first-order valence-corrected chi connectivity index (χ1v) is 11.1. The molecule has 1 amide bonds. The van der Waals surface area contributed by atoms with Gasteiger partial charge in [-0.05, 0) is 52.0 Å². The molecule has 0 radical (unpaired) electrons. The first-order valence-electron chi connectivity index (χ1n) is 9.02. The maximum atomic E-state index is 12.9. The molecule has 4 nitrogen and oxygen atoms in total. The number of hydrogen-bond acceptors (Lipinski definition) is 5. The number of terminal acetylenes is 1. The molecule has 1 aliphatic rings. The van der Waals surface area contributed by atoms with Crippen LogP contribution in [0.3, 0.4) is 0 Å². The first kappa shape index (κ1) is 21.7. The minimum Gasteiger partial charge on any atom is -0.493 e. The van der Waals surface area contributed by atoms with Crippen LogP contribution in [-0.4, -0.2) is 40.6 Å². The van der Waals surface area contributed by atoms with Gasteiger partial charge in [-0.3, -0.25) is 9.69 Å². The molecule has 0 spiro atoms. The Balaban J connectivity index is 1.69. The molecular formula is C22H20BrNO3S2. The van der Waals surface area contributed by atoms with Crippen LogP contribution in [0.5, 0.6) is 11.5 Å². The molecule has 0 saturated carbocycles. The second-order valence-corrected chi connectivity index (χ2v) is 9.09. The summed E-state index contributed by atoms with van der Waals surface area (Å²) in [7, 11) is 1.57. The largest absolute Gasteiger partial charge is 0.493 e. The van der Waals surface area contributed by atoms with Crippen LogP contribution in [0.2, 0.25) is 0 Å². The van der Waals surface area contributed by atoms with Gasteiger partial charge in [0, 0.05) is 6.54 Å². The fourth-order valence-electron chi connectivity index (χ4n) is 3.07. The molecule has 0 unspecified atom stereocenters. The van der Waals surface area contributed by atoms with Crippen molar-refractivity contribution in [2.45, 2.75) is 18.1 Å². The average Bonchev–Trinajstić information content (AvgIpc) is 2.98. The number of thiocarbonyl (C=S) groups is 1. The molecule has 7 heteroatoms. The molecule has 1 aliphatic heterocycles. The quantitative estimate of drug-likeness (QED) is 0.403. The summed E-state index contributed by atoms with van der Waals surface area (Å²) >= 11 is 10.4. The van der Waals surface area contributed by atoms with E-state index in [1.54, 1.807) is 12.0 Å². The molecule has 0 aliphatic carbocycles. The third-order valence-electron chi connectivity index (χ3n) is 4.48. The van der Waals surface area contributed by atoms with Gasteiger partial charge in [-0.2, -0.15) is 0 Å². The molecule has 0 bridgehead atoms. The number of amides is 1. The average molecular weight is 490 g/mol. The van der Waals surface area contributed by atoms with E-state index < -0.39 is 0 Å². The smallest absolute Gasteiger partial charge is 0.241 e. The Bertz CT molecular complexity index is 943. The number of benzene rings is 2. The van der Waals surface area contributed by atoms with E-state index in [4.69, 9.17) is 28.1 Å². The van der Waals surface area contributed by atoms with Gasteiger partial charge < -0.3 is 9.47 Å². The van der Waals surface area contributed by atoms with Crippen molar-refractivity contribution in [2.75, 3.05) is 20.3 Å².